The number of carbonyl (C=O) groups excluding carboxylic acids is 2. The molecule has 0 saturated heterocycles. The minimum absolute atomic E-state index is 0.0561. The smallest absolute Gasteiger partial charge is 0.315 e. The third kappa shape index (κ3) is 4.12. The number of nitrogens with one attached hydrogen (secondary N) is 1. The van der Waals surface area contributed by atoms with E-state index < -0.39 is 12.3 Å². The molecule has 0 radical (unpaired) electrons. The number of hydrogen-bond acceptors (Lipinski definition) is 2. The molecule has 0 saturated carbocycles. The molecule has 1 aromatic carbocycles. The maximum absolute atomic E-state index is 12.0. The van der Waals surface area contributed by atoms with Crippen LogP contribution in [0.2, 0.25) is 0 Å². The first kappa shape index (κ1) is 14.1. The molecule has 6 heteroatoms. The average molecular weight is 256 g/mol. The fourth-order valence-electron chi connectivity index (χ4n) is 1.24. The van der Waals surface area contributed by atoms with Gasteiger partial charge in [-0.2, -0.15) is 8.78 Å². The zero-order valence-corrected chi connectivity index (χ0v) is 10.1. The number of benzene rings is 1. The monoisotopic (exact) mass is 256 g/mol. The van der Waals surface area contributed by atoms with Crippen LogP contribution in [0.4, 0.5) is 14.5 Å². The minimum atomic E-state index is -3.04. The molecule has 0 fully saturated rings. The third-order valence-electron chi connectivity index (χ3n) is 2.27. The van der Waals surface area contributed by atoms with Crippen molar-refractivity contribution in [3.8, 4) is 0 Å². The number of likely N-dealkylation sites (N-methyl/N-ethyl adjacent to an activating group) is 1. The summed E-state index contributed by atoms with van der Waals surface area (Å²) in [7, 11) is 3.30. The van der Waals surface area contributed by atoms with Crippen molar-refractivity contribution in [2.75, 3.05) is 19.4 Å². The molecule has 0 unspecified atom stereocenters. The maximum atomic E-state index is 12.0. The van der Waals surface area contributed by atoms with Crippen LogP contribution in [0.1, 0.15) is 5.56 Å². The third-order valence-corrected chi connectivity index (χ3v) is 2.27. The summed E-state index contributed by atoms with van der Waals surface area (Å²) in [6, 6.07) is 6.20. The number of hydrogen-bond donors (Lipinski definition) is 1. The second-order valence-electron chi connectivity index (χ2n) is 3.95. The van der Waals surface area contributed by atoms with E-state index in [-0.39, 0.29) is 18.0 Å². The summed E-state index contributed by atoms with van der Waals surface area (Å²) < 4.78 is 24.0. The molecular formula is C12H14F2N2O2. The molecular weight excluding hydrogens is 242 g/mol. The molecule has 98 valence electrons. The molecule has 0 heterocycles. The molecule has 1 aromatic rings. The highest BCUT2D eigenvalue weighted by Gasteiger charge is 2.14. The lowest BCUT2D eigenvalue weighted by molar-refractivity contribution is -0.128. The van der Waals surface area contributed by atoms with Gasteiger partial charge < -0.3 is 10.2 Å². The summed E-state index contributed by atoms with van der Waals surface area (Å²) in [4.78, 5) is 23.6. The van der Waals surface area contributed by atoms with Gasteiger partial charge in [0, 0.05) is 19.8 Å². The second-order valence-corrected chi connectivity index (χ2v) is 3.95. The summed E-state index contributed by atoms with van der Waals surface area (Å²) in [5.41, 5.74) is 1.03. The van der Waals surface area contributed by atoms with Gasteiger partial charge in [-0.3, -0.25) is 9.59 Å². The fraction of sp³-hybridized carbons (Fsp3) is 0.333. The van der Waals surface area contributed by atoms with Crippen LogP contribution >= 0.6 is 0 Å². The Balaban J connectivity index is 2.63. The highest BCUT2D eigenvalue weighted by molar-refractivity contribution is 5.93. The van der Waals surface area contributed by atoms with Gasteiger partial charge in [-0.15, -0.1) is 0 Å². The van der Waals surface area contributed by atoms with Gasteiger partial charge in [-0.1, -0.05) is 12.1 Å². The SMILES string of the molecule is CN(C)C(=O)Cc1ccc(NC(=O)C(F)F)cc1. The molecule has 0 aliphatic rings. The van der Waals surface area contributed by atoms with Gasteiger partial charge in [0.15, 0.2) is 0 Å². The van der Waals surface area contributed by atoms with Crippen LogP contribution in [0.3, 0.4) is 0 Å². The average Bonchev–Trinajstić information content (AvgIpc) is 2.31. The number of halogens is 2. The van der Waals surface area contributed by atoms with Gasteiger partial charge in [0.2, 0.25) is 5.91 Å². The lowest BCUT2D eigenvalue weighted by Gasteiger charge is -2.10. The van der Waals surface area contributed by atoms with Crippen LogP contribution in [0.5, 0.6) is 0 Å². The normalized spacial score (nSPS) is 10.3. The van der Waals surface area contributed by atoms with Crippen LogP contribution in [0.25, 0.3) is 0 Å². The molecule has 18 heavy (non-hydrogen) atoms. The Hall–Kier alpha value is -1.98. The summed E-state index contributed by atoms with van der Waals surface area (Å²) in [5.74, 6) is -1.40. The molecule has 1 rings (SSSR count). The van der Waals surface area contributed by atoms with Crippen molar-refractivity contribution in [1.29, 1.82) is 0 Å². The highest BCUT2D eigenvalue weighted by Crippen LogP contribution is 2.11. The number of rotatable bonds is 4. The Bertz CT molecular complexity index is 389. The number of amides is 2. The van der Waals surface area contributed by atoms with E-state index in [9.17, 15) is 18.4 Å². The summed E-state index contributed by atoms with van der Waals surface area (Å²) >= 11 is 0. The van der Waals surface area contributed by atoms with Crippen LogP contribution in [-0.4, -0.2) is 37.2 Å². The number of carbonyl (C=O) groups is 2. The Kier molecular flexibility index (Phi) is 4.76. The first-order chi connectivity index (χ1) is 8.40. The number of anilines is 1. The van der Waals surface area contributed by atoms with E-state index in [1.807, 2.05) is 0 Å². The first-order valence-electron chi connectivity index (χ1n) is 5.28. The van der Waals surface area contributed by atoms with Crippen LogP contribution in [0.15, 0.2) is 24.3 Å². The number of nitrogens with zero attached hydrogens (tertiary/aromatic N) is 1. The predicted molar refractivity (Wildman–Crippen MR) is 63.5 cm³/mol. The van der Waals surface area contributed by atoms with E-state index >= 15 is 0 Å². The fourth-order valence-corrected chi connectivity index (χ4v) is 1.24. The maximum Gasteiger partial charge on any atom is 0.315 e. The molecule has 0 aliphatic carbocycles. The molecule has 2 amide bonds. The summed E-state index contributed by atoms with van der Waals surface area (Å²) in [6.45, 7) is 0. The Morgan fingerprint density at radius 1 is 1.22 bits per heavy atom. The van der Waals surface area contributed by atoms with Crippen LogP contribution in [0, 0.1) is 0 Å². The zero-order valence-electron chi connectivity index (χ0n) is 10.1. The van der Waals surface area contributed by atoms with Gasteiger partial charge in [0.25, 0.3) is 5.91 Å². The van der Waals surface area contributed by atoms with Gasteiger partial charge in [0.05, 0.1) is 6.42 Å². The van der Waals surface area contributed by atoms with Crippen molar-refractivity contribution in [1.82, 2.24) is 4.90 Å². The van der Waals surface area contributed by atoms with E-state index in [0.717, 1.165) is 5.56 Å². The Labute approximate surface area is 104 Å². The van der Waals surface area contributed by atoms with Gasteiger partial charge >= 0.3 is 6.43 Å². The Morgan fingerprint density at radius 2 is 1.78 bits per heavy atom. The van der Waals surface area contributed by atoms with Gasteiger partial charge in [-0.25, -0.2) is 0 Å². The Morgan fingerprint density at radius 3 is 2.22 bits per heavy atom. The van der Waals surface area contributed by atoms with E-state index in [4.69, 9.17) is 0 Å². The van der Waals surface area contributed by atoms with Crippen molar-refractivity contribution < 1.29 is 18.4 Å². The van der Waals surface area contributed by atoms with Crippen LogP contribution < -0.4 is 5.32 Å². The standard InChI is InChI=1S/C12H14F2N2O2/c1-16(2)10(17)7-8-3-5-9(6-4-8)15-12(18)11(13)14/h3-6,11H,7H2,1-2H3,(H,15,18). The van der Waals surface area contributed by atoms with Gasteiger partial charge in [0.1, 0.15) is 0 Å². The van der Waals surface area contributed by atoms with E-state index in [1.165, 1.54) is 17.0 Å². The van der Waals surface area contributed by atoms with E-state index in [2.05, 4.69) is 5.32 Å². The first-order valence-corrected chi connectivity index (χ1v) is 5.28. The molecule has 4 nitrogen and oxygen atoms in total. The second kappa shape index (κ2) is 6.09. The van der Waals surface area contributed by atoms with Crippen LogP contribution in [-0.2, 0) is 16.0 Å². The summed E-state index contributed by atoms with van der Waals surface area (Å²) in [5, 5.41) is 2.06. The molecule has 1 N–H and O–H groups in total. The van der Waals surface area contributed by atoms with Gasteiger partial charge in [-0.05, 0) is 17.7 Å². The van der Waals surface area contributed by atoms with Crippen molar-refractivity contribution in [3.05, 3.63) is 29.8 Å². The predicted octanol–water partition coefficient (Wildman–Crippen LogP) is 1.52. The zero-order chi connectivity index (χ0) is 13.7. The van der Waals surface area contributed by atoms with Crippen molar-refractivity contribution in [3.63, 3.8) is 0 Å². The topological polar surface area (TPSA) is 49.4 Å². The van der Waals surface area contributed by atoms with E-state index in [0.29, 0.717) is 0 Å². The van der Waals surface area contributed by atoms with E-state index in [1.54, 1.807) is 26.2 Å². The largest absolute Gasteiger partial charge is 0.349 e. The molecule has 0 spiro atoms. The minimum Gasteiger partial charge on any atom is -0.349 e. The highest BCUT2D eigenvalue weighted by atomic mass is 19.3. The lowest BCUT2D eigenvalue weighted by Crippen LogP contribution is -2.23. The van der Waals surface area contributed by atoms with Crippen molar-refractivity contribution >= 4 is 17.5 Å². The van der Waals surface area contributed by atoms with Crippen molar-refractivity contribution in [2.24, 2.45) is 0 Å². The lowest BCUT2D eigenvalue weighted by atomic mass is 10.1. The summed E-state index contributed by atoms with van der Waals surface area (Å²) in [6.07, 6.45) is -2.81. The molecule has 0 aliphatic heterocycles. The van der Waals surface area contributed by atoms with Crippen molar-refractivity contribution in [2.45, 2.75) is 12.8 Å². The molecule has 0 bridgehead atoms. The quantitative estimate of drug-likeness (QED) is 0.888. The number of alkyl halides is 2. The molecule has 0 aromatic heterocycles. The molecule has 0 atom stereocenters.